The van der Waals surface area contributed by atoms with Crippen LogP contribution in [0.25, 0.3) is 16.6 Å². The molecule has 0 saturated carbocycles. The quantitative estimate of drug-likeness (QED) is 0.187. The minimum absolute atomic E-state index is 0.215. The zero-order valence-electron chi connectivity index (χ0n) is 24.6. The summed E-state index contributed by atoms with van der Waals surface area (Å²) in [5, 5.41) is 9.94. The number of carbonyl (C=O) groups is 1. The molecule has 1 fully saturated rings. The molecular formula is C32H31Cl2F3N4O4. The molecule has 2 heterocycles. The second-order valence-electron chi connectivity index (χ2n) is 10.6. The number of hydrogen-bond acceptors (Lipinski definition) is 6. The first-order valence-corrected chi connectivity index (χ1v) is 15.1. The first-order valence-electron chi connectivity index (χ1n) is 14.4. The number of fused-ring (bicyclic) bond motifs is 1. The third-order valence-corrected chi connectivity index (χ3v) is 8.25. The number of pyridine rings is 1. The lowest BCUT2D eigenvalue weighted by Gasteiger charge is -2.38. The molecule has 1 N–H and O–H groups in total. The lowest BCUT2D eigenvalue weighted by Crippen LogP contribution is -2.47. The molecule has 0 amide bonds. The fourth-order valence-corrected chi connectivity index (χ4v) is 5.79. The molecule has 0 radical (unpaired) electrons. The predicted octanol–water partition coefficient (Wildman–Crippen LogP) is 6.82. The third-order valence-electron chi connectivity index (χ3n) is 7.92. The summed E-state index contributed by atoms with van der Waals surface area (Å²) in [5.41, 5.74) is -4.35. The molecule has 1 aliphatic rings. The highest BCUT2D eigenvalue weighted by molar-refractivity contribution is 6.30. The Balaban J connectivity index is 1.66. The van der Waals surface area contributed by atoms with Crippen LogP contribution in [0.2, 0.25) is 5.02 Å². The number of halogens is 5. The maximum atomic E-state index is 16.0. The first kappa shape index (κ1) is 32.5. The van der Waals surface area contributed by atoms with E-state index in [-0.39, 0.29) is 24.3 Å². The zero-order valence-corrected chi connectivity index (χ0v) is 26.1. The SMILES string of the molecule is CCN(CC)Cc1ccc(-n2cc(C(=O)O)c(=O)c3cc(F)c(N4CCN(c5ccc(Cl)cc5)CC4)c(OC(F)(F)Cl)c32)cc1. The van der Waals surface area contributed by atoms with Crippen molar-refractivity contribution in [2.24, 2.45) is 0 Å². The van der Waals surface area contributed by atoms with Crippen molar-refractivity contribution in [1.82, 2.24) is 9.47 Å². The van der Waals surface area contributed by atoms with E-state index in [9.17, 15) is 23.5 Å². The molecular weight excluding hydrogens is 632 g/mol. The van der Waals surface area contributed by atoms with Gasteiger partial charge in [-0.25, -0.2) is 9.18 Å². The maximum absolute atomic E-state index is 16.0. The number of carboxylic acids is 1. The van der Waals surface area contributed by atoms with Gasteiger partial charge in [-0.15, -0.1) is 8.78 Å². The Morgan fingerprint density at radius 1 is 0.978 bits per heavy atom. The highest BCUT2D eigenvalue weighted by Crippen LogP contribution is 2.43. The van der Waals surface area contributed by atoms with Crippen molar-refractivity contribution < 1.29 is 27.8 Å². The van der Waals surface area contributed by atoms with Crippen LogP contribution in [-0.2, 0) is 6.54 Å². The van der Waals surface area contributed by atoms with Gasteiger partial charge >= 0.3 is 11.5 Å². The van der Waals surface area contributed by atoms with Crippen molar-refractivity contribution >= 4 is 51.4 Å². The first-order chi connectivity index (χ1) is 21.4. The second-order valence-corrected chi connectivity index (χ2v) is 11.5. The smallest absolute Gasteiger partial charge is 0.477 e. The minimum atomic E-state index is -4.28. The average molecular weight is 664 g/mol. The molecule has 0 aliphatic carbocycles. The Labute approximate surface area is 267 Å². The monoisotopic (exact) mass is 662 g/mol. The Bertz CT molecular complexity index is 1750. The highest BCUT2D eigenvalue weighted by atomic mass is 35.5. The number of rotatable bonds is 10. The van der Waals surface area contributed by atoms with Crippen LogP contribution in [0.5, 0.6) is 5.75 Å². The molecule has 4 aromatic rings. The normalized spacial score (nSPS) is 14.0. The number of ether oxygens (including phenoxy) is 1. The van der Waals surface area contributed by atoms with Gasteiger partial charge in [0, 0.05) is 66.9 Å². The molecule has 0 spiro atoms. The second kappa shape index (κ2) is 13.2. The van der Waals surface area contributed by atoms with Gasteiger partial charge in [-0.1, -0.05) is 37.6 Å². The maximum Gasteiger partial charge on any atom is 0.487 e. The summed E-state index contributed by atoms with van der Waals surface area (Å²) in [5.74, 6) is -3.26. The Hall–Kier alpha value is -3.93. The molecule has 13 heteroatoms. The predicted molar refractivity (Wildman–Crippen MR) is 170 cm³/mol. The molecule has 0 atom stereocenters. The van der Waals surface area contributed by atoms with Crippen molar-refractivity contribution in [2.75, 3.05) is 49.1 Å². The number of aromatic carboxylic acids is 1. The number of anilines is 2. The number of benzene rings is 3. The van der Waals surface area contributed by atoms with Crippen LogP contribution >= 0.6 is 23.2 Å². The van der Waals surface area contributed by atoms with E-state index < -0.39 is 39.5 Å². The van der Waals surface area contributed by atoms with E-state index in [2.05, 4.69) is 4.90 Å². The number of aromatic nitrogens is 1. The number of alkyl halides is 3. The molecule has 8 nitrogen and oxygen atoms in total. The summed E-state index contributed by atoms with van der Waals surface area (Å²) in [6.45, 7) is 7.66. The van der Waals surface area contributed by atoms with Crippen molar-refractivity contribution in [3.05, 3.63) is 93.0 Å². The van der Waals surface area contributed by atoms with Crippen molar-refractivity contribution in [3.8, 4) is 11.4 Å². The van der Waals surface area contributed by atoms with E-state index in [1.807, 2.05) is 43.0 Å². The summed E-state index contributed by atoms with van der Waals surface area (Å²) in [4.78, 5) is 31.2. The number of carboxylic acid groups (broad SMARTS) is 1. The van der Waals surface area contributed by atoms with Gasteiger partial charge in [-0.3, -0.25) is 9.69 Å². The van der Waals surface area contributed by atoms with Crippen LogP contribution in [0, 0.1) is 5.82 Å². The van der Waals surface area contributed by atoms with E-state index >= 15 is 4.39 Å². The number of nitrogens with zero attached hydrogens (tertiary/aromatic N) is 4. The molecule has 1 saturated heterocycles. The van der Waals surface area contributed by atoms with E-state index in [0.29, 0.717) is 30.3 Å². The van der Waals surface area contributed by atoms with Gasteiger partial charge in [0.1, 0.15) is 16.8 Å². The van der Waals surface area contributed by atoms with Gasteiger partial charge in [-0.05, 0) is 61.1 Å². The third kappa shape index (κ3) is 7.00. The van der Waals surface area contributed by atoms with Crippen molar-refractivity contribution in [1.29, 1.82) is 0 Å². The van der Waals surface area contributed by atoms with Crippen LogP contribution in [-0.4, -0.2) is 65.4 Å². The molecule has 1 aromatic heterocycles. The fraction of sp³-hybridized carbons (Fsp3) is 0.312. The largest absolute Gasteiger partial charge is 0.487 e. The van der Waals surface area contributed by atoms with Gasteiger partial charge in [0.15, 0.2) is 11.6 Å². The summed E-state index contributed by atoms with van der Waals surface area (Å²) in [6.07, 6.45) is 1.03. The highest BCUT2D eigenvalue weighted by Gasteiger charge is 2.35. The minimum Gasteiger partial charge on any atom is -0.477 e. The molecule has 3 aromatic carbocycles. The molecule has 0 bridgehead atoms. The standard InChI is InChI=1S/C32H31Cl2F3N4O4/c1-3-38(4-2)18-20-5-9-23(10-6-20)41-19-25(31(43)44)29(42)24-17-26(35)28(30(27(24)41)45-32(34,36)37)40-15-13-39(14-16-40)22-11-7-21(33)8-12-22/h5-12,17,19H,3-4,13-16,18H2,1-2H3,(H,43,44). The fourth-order valence-electron chi connectivity index (χ4n) is 5.59. The topological polar surface area (TPSA) is 78.2 Å². The van der Waals surface area contributed by atoms with Crippen LogP contribution in [0.15, 0.2) is 65.6 Å². The lowest BCUT2D eigenvalue weighted by atomic mass is 10.1. The Morgan fingerprint density at radius 3 is 2.11 bits per heavy atom. The molecule has 238 valence electrons. The lowest BCUT2D eigenvalue weighted by molar-refractivity contribution is -0.0955. The molecule has 0 unspecified atom stereocenters. The van der Waals surface area contributed by atoms with Gasteiger partial charge in [-0.2, -0.15) is 0 Å². The van der Waals surface area contributed by atoms with Gasteiger partial charge < -0.3 is 24.2 Å². The van der Waals surface area contributed by atoms with Crippen LogP contribution in [0.4, 0.5) is 24.5 Å². The van der Waals surface area contributed by atoms with Gasteiger partial charge in [0.05, 0.1) is 5.39 Å². The van der Waals surface area contributed by atoms with E-state index in [4.69, 9.17) is 27.9 Å². The summed E-state index contributed by atoms with van der Waals surface area (Å²) in [6, 6.07) is 15.0. The Morgan fingerprint density at radius 2 is 1.56 bits per heavy atom. The van der Waals surface area contributed by atoms with Gasteiger partial charge in [0.25, 0.3) is 0 Å². The summed E-state index contributed by atoms with van der Waals surface area (Å²) >= 11 is 11.3. The number of piperazine rings is 1. The molecule has 45 heavy (non-hydrogen) atoms. The zero-order chi connectivity index (χ0) is 32.5. The van der Waals surface area contributed by atoms with Crippen LogP contribution in [0.3, 0.4) is 0 Å². The number of hydrogen-bond donors (Lipinski definition) is 1. The molecule has 5 rings (SSSR count). The Kier molecular flexibility index (Phi) is 9.52. The van der Waals surface area contributed by atoms with E-state index in [1.165, 1.54) is 4.57 Å². The van der Waals surface area contributed by atoms with Crippen LogP contribution in [0.1, 0.15) is 29.8 Å². The van der Waals surface area contributed by atoms with Crippen LogP contribution < -0.4 is 20.0 Å². The van der Waals surface area contributed by atoms with Crippen molar-refractivity contribution in [2.45, 2.75) is 26.0 Å². The van der Waals surface area contributed by atoms with Crippen molar-refractivity contribution in [3.63, 3.8) is 0 Å². The summed E-state index contributed by atoms with van der Waals surface area (Å²) in [7, 11) is 0. The molecule has 1 aliphatic heterocycles. The van der Waals surface area contributed by atoms with E-state index in [0.717, 1.165) is 36.6 Å². The van der Waals surface area contributed by atoms with E-state index in [1.54, 1.807) is 29.2 Å². The van der Waals surface area contributed by atoms with Gasteiger partial charge in [0.2, 0.25) is 5.43 Å². The summed E-state index contributed by atoms with van der Waals surface area (Å²) < 4.78 is 51.0. The average Bonchev–Trinajstić information content (AvgIpc) is 3.00.